The third-order valence-corrected chi connectivity index (χ3v) is 5.68. The standard InChI is InChI=1S/C19H30N6OS/c1-5-20-19(21-12-16(23(2)3)18-7-6-10-27-18)25-8-9-26-17(14-25)15-11-22-24(4)13-15/h6-7,10-11,13,16-17H,5,8-9,12,14H2,1-4H3,(H,20,21). The molecule has 0 aliphatic carbocycles. The number of thiophene rings is 1. The molecular weight excluding hydrogens is 360 g/mol. The molecule has 1 fully saturated rings. The number of morpholine rings is 1. The smallest absolute Gasteiger partial charge is 0.194 e. The number of rotatable bonds is 6. The van der Waals surface area contributed by atoms with E-state index in [-0.39, 0.29) is 12.1 Å². The van der Waals surface area contributed by atoms with Gasteiger partial charge in [0.2, 0.25) is 0 Å². The maximum absolute atomic E-state index is 5.97. The van der Waals surface area contributed by atoms with Crippen molar-refractivity contribution in [2.75, 3.05) is 46.9 Å². The molecule has 2 unspecified atom stereocenters. The van der Waals surface area contributed by atoms with Crippen molar-refractivity contribution in [3.8, 4) is 0 Å². The van der Waals surface area contributed by atoms with E-state index in [1.54, 1.807) is 11.3 Å². The molecule has 27 heavy (non-hydrogen) atoms. The molecule has 0 aromatic carbocycles. The van der Waals surface area contributed by atoms with Crippen molar-refractivity contribution in [1.82, 2.24) is 24.9 Å². The highest BCUT2D eigenvalue weighted by Gasteiger charge is 2.25. The Kier molecular flexibility index (Phi) is 6.87. The number of aryl methyl sites for hydroxylation is 1. The molecule has 0 radical (unpaired) electrons. The lowest BCUT2D eigenvalue weighted by Crippen LogP contribution is -2.48. The van der Waals surface area contributed by atoms with E-state index in [9.17, 15) is 0 Å². The lowest BCUT2D eigenvalue weighted by atomic mass is 10.1. The third-order valence-electron chi connectivity index (χ3n) is 4.71. The van der Waals surface area contributed by atoms with E-state index in [1.165, 1.54) is 4.88 Å². The van der Waals surface area contributed by atoms with Crippen molar-refractivity contribution in [2.24, 2.45) is 12.0 Å². The number of hydrogen-bond acceptors (Lipinski definition) is 5. The predicted octanol–water partition coefficient (Wildman–Crippen LogP) is 2.12. The fourth-order valence-electron chi connectivity index (χ4n) is 3.24. The minimum absolute atomic E-state index is 0.0262. The van der Waals surface area contributed by atoms with E-state index >= 15 is 0 Å². The summed E-state index contributed by atoms with van der Waals surface area (Å²) in [6, 6.07) is 4.57. The van der Waals surface area contributed by atoms with Gasteiger partial charge in [0.15, 0.2) is 5.96 Å². The first kappa shape index (κ1) is 19.9. The minimum atomic E-state index is 0.0262. The van der Waals surface area contributed by atoms with Gasteiger partial charge in [-0.1, -0.05) is 6.07 Å². The van der Waals surface area contributed by atoms with E-state index in [4.69, 9.17) is 9.73 Å². The number of guanidine groups is 1. The normalized spacial score (nSPS) is 19.5. The maximum atomic E-state index is 5.97. The van der Waals surface area contributed by atoms with Crippen LogP contribution < -0.4 is 5.32 Å². The summed E-state index contributed by atoms with van der Waals surface area (Å²) in [6.07, 6.45) is 3.94. The third kappa shape index (κ3) is 5.09. The molecular formula is C19H30N6OS. The van der Waals surface area contributed by atoms with Crippen LogP contribution in [0, 0.1) is 0 Å². The number of aromatic nitrogens is 2. The number of nitrogens with one attached hydrogen (secondary N) is 1. The molecule has 1 aliphatic heterocycles. The second-order valence-corrected chi connectivity index (χ2v) is 7.92. The first-order valence-electron chi connectivity index (χ1n) is 9.41. The highest BCUT2D eigenvalue weighted by molar-refractivity contribution is 7.10. The van der Waals surface area contributed by atoms with Gasteiger partial charge in [0, 0.05) is 36.8 Å². The second-order valence-electron chi connectivity index (χ2n) is 6.94. The monoisotopic (exact) mass is 390 g/mol. The van der Waals surface area contributed by atoms with Crippen molar-refractivity contribution < 1.29 is 4.74 Å². The Morgan fingerprint density at radius 1 is 1.52 bits per heavy atom. The van der Waals surface area contributed by atoms with E-state index in [1.807, 2.05) is 24.1 Å². The van der Waals surface area contributed by atoms with Crippen molar-refractivity contribution >= 4 is 17.3 Å². The van der Waals surface area contributed by atoms with Crippen LogP contribution in [0.1, 0.15) is 29.5 Å². The van der Waals surface area contributed by atoms with Crippen molar-refractivity contribution in [3.05, 3.63) is 40.3 Å². The molecule has 3 rings (SSSR count). The van der Waals surface area contributed by atoms with Gasteiger partial charge in [-0.15, -0.1) is 11.3 Å². The Morgan fingerprint density at radius 3 is 3.00 bits per heavy atom. The van der Waals surface area contributed by atoms with Crippen LogP contribution in [0.25, 0.3) is 0 Å². The average molecular weight is 391 g/mol. The van der Waals surface area contributed by atoms with Gasteiger partial charge >= 0.3 is 0 Å². The molecule has 1 saturated heterocycles. The fourth-order valence-corrected chi connectivity index (χ4v) is 4.15. The Bertz CT molecular complexity index is 726. The Balaban J connectivity index is 1.72. The molecule has 1 aliphatic rings. The number of aliphatic imine (C=N–C) groups is 1. The summed E-state index contributed by atoms with van der Waals surface area (Å²) in [5, 5.41) is 9.85. The molecule has 0 saturated carbocycles. The zero-order valence-corrected chi connectivity index (χ0v) is 17.4. The number of hydrogen-bond donors (Lipinski definition) is 1. The van der Waals surface area contributed by atoms with Crippen LogP contribution >= 0.6 is 11.3 Å². The molecule has 1 N–H and O–H groups in total. The number of likely N-dealkylation sites (N-methyl/N-ethyl adjacent to an activating group) is 1. The lowest BCUT2D eigenvalue weighted by molar-refractivity contribution is -0.00807. The first-order chi connectivity index (χ1) is 13.1. The van der Waals surface area contributed by atoms with E-state index in [0.29, 0.717) is 6.61 Å². The fraction of sp³-hybridized carbons (Fsp3) is 0.579. The van der Waals surface area contributed by atoms with Gasteiger partial charge in [-0.3, -0.25) is 9.67 Å². The largest absolute Gasteiger partial charge is 0.370 e. The molecule has 0 amide bonds. The Morgan fingerprint density at radius 2 is 2.37 bits per heavy atom. The summed E-state index contributed by atoms with van der Waals surface area (Å²) < 4.78 is 7.79. The quantitative estimate of drug-likeness (QED) is 0.605. The predicted molar refractivity (Wildman–Crippen MR) is 110 cm³/mol. The molecule has 3 heterocycles. The number of ether oxygens (including phenoxy) is 1. The van der Waals surface area contributed by atoms with Crippen LogP contribution in [0.15, 0.2) is 34.9 Å². The molecule has 0 spiro atoms. The minimum Gasteiger partial charge on any atom is -0.370 e. The van der Waals surface area contributed by atoms with Gasteiger partial charge in [0.05, 0.1) is 31.9 Å². The topological polar surface area (TPSA) is 57.9 Å². The highest BCUT2D eigenvalue weighted by atomic mass is 32.1. The molecule has 2 atom stereocenters. The van der Waals surface area contributed by atoms with Crippen LogP contribution in [0.4, 0.5) is 0 Å². The van der Waals surface area contributed by atoms with Crippen molar-refractivity contribution in [2.45, 2.75) is 19.1 Å². The Labute approximate surface area is 165 Å². The van der Waals surface area contributed by atoms with Crippen LogP contribution in [0.2, 0.25) is 0 Å². The zero-order chi connectivity index (χ0) is 19.2. The summed E-state index contributed by atoms with van der Waals surface area (Å²) in [6.45, 7) is 5.99. The first-order valence-corrected chi connectivity index (χ1v) is 10.3. The average Bonchev–Trinajstić information content (AvgIpc) is 3.33. The Hall–Kier alpha value is -1.90. The summed E-state index contributed by atoms with van der Waals surface area (Å²) in [5.41, 5.74) is 1.11. The molecule has 148 valence electrons. The van der Waals surface area contributed by atoms with E-state index < -0.39 is 0 Å². The molecule has 2 aromatic rings. The van der Waals surface area contributed by atoms with E-state index in [2.05, 4.69) is 58.7 Å². The van der Waals surface area contributed by atoms with Gasteiger partial charge in [0.25, 0.3) is 0 Å². The van der Waals surface area contributed by atoms with Crippen molar-refractivity contribution in [3.63, 3.8) is 0 Å². The molecule has 7 nitrogen and oxygen atoms in total. The SMILES string of the molecule is CCNC(=NCC(c1cccs1)N(C)C)N1CCOC(c2cnn(C)c2)C1. The van der Waals surface area contributed by atoms with Gasteiger partial charge in [-0.25, -0.2) is 0 Å². The van der Waals surface area contributed by atoms with Crippen molar-refractivity contribution in [1.29, 1.82) is 0 Å². The highest BCUT2D eigenvalue weighted by Crippen LogP contribution is 2.24. The van der Waals surface area contributed by atoms with Crippen LogP contribution in [-0.2, 0) is 11.8 Å². The van der Waals surface area contributed by atoms with Crippen LogP contribution in [0.3, 0.4) is 0 Å². The summed E-state index contributed by atoms with van der Waals surface area (Å²) in [7, 11) is 6.15. The molecule has 8 heteroatoms. The second kappa shape index (κ2) is 9.34. The summed E-state index contributed by atoms with van der Waals surface area (Å²) in [4.78, 5) is 10.8. The van der Waals surface area contributed by atoms with E-state index in [0.717, 1.165) is 37.7 Å². The number of nitrogens with zero attached hydrogens (tertiary/aromatic N) is 5. The van der Waals surface area contributed by atoms with Gasteiger partial charge in [-0.05, 0) is 32.5 Å². The molecule has 0 bridgehead atoms. The lowest BCUT2D eigenvalue weighted by Gasteiger charge is -2.35. The zero-order valence-electron chi connectivity index (χ0n) is 16.6. The summed E-state index contributed by atoms with van der Waals surface area (Å²) >= 11 is 1.79. The van der Waals surface area contributed by atoms with Gasteiger partial charge in [0.1, 0.15) is 6.10 Å². The van der Waals surface area contributed by atoms with Gasteiger partial charge < -0.3 is 19.9 Å². The van der Waals surface area contributed by atoms with Gasteiger partial charge in [-0.2, -0.15) is 5.10 Å². The summed E-state index contributed by atoms with van der Waals surface area (Å²) in [5.74, 6) is 0.957. The van der Waals surface area contributed by atoms with Crippen LogP contribution in [-0.4, -0.2) is 72.4 Å². The van der Waals surface area contributed by atoms with Crippen LogP contribution in [0.5, 0.6) is 0 Å². The maximum Gasteiger partial charge on any atom is 0.194 e. The molecule has 2 aromatic heterocycles.